The van der Waals surface area contributed by atoms with Crippen molar-refractivity contribution in [1.29, 1.82) is 0 Å². The normalized spacial score (nSPS) is 19.2. The number of nitrogens with one attached hydrogen (secondary N) is 1. The fourth-order valence-corrected chi connectivity index (χ4v) is 3.62. The lowest BCUT2D eigenvalue weighted by Crippen LogP contribution is -2.55. The molecule has 1 aliphatic carbocycles. The smallest absolute Gasteiger partial charge is 0.237 e. The van der Waals surface area contributed by atoms with Crippen molar-refractivity contribution in [3.63, 3.8) is 0 Å². The van der Waals surface area contributed by atoms with Crippen LogP contribution in [0.3, 0.4) is 0 Å². The van der Waals surface area contributed by atoms with Gasteiger partial charge in [-0.15, -0.1) is 0 Å². The second kappa shape index (κ2) is 8.87. The van der Waals surface area contributed by atoms with Crippen molar-refractivity contribution in [2.75, 3.05) is 26.2 Å². The van der Waals surface area contributed by atoms with Crippen LogP contribution in [0.5, 0.6) is 0 Å². The van der Waals surface area contributed by atoms with Gasteiger partial charge in [0.25, 0.3) is 0 Å². The average Bonchev–Trinajstić information content (AvgIpc) is 3.46. The van der Waals surface area contributed by atoms with Gasteiger partial charge in [0.2, 0.25) is 11.8 Å². The summed E-state index contributed by atoms with van der Waals surface area (Å²) in [5, 5.41) is 3.07. The van der Waals surface area contributed by atoms with E-state index in [1.165, 1.54) is 5.56 Å². The Morgan fingerprint density at radius 1 is 1.00 bits per heavy atom. The molecule has 0 spiro atoms. The zero-order valence-electron chi connectivity index (χ0n) is 16.9. The summed E-state index contributed by atoms with van der Waals surface area (Å²) in [6, 6.07) is 8.72. The fourth-order valence-electron chi connectivity index (χ4n) is 3.62. The highest BCUT2D eigenvalue weighted by Gasteiger charge is 2.30. The quantitative estimate of drug-likeness (QED) is 0.800. The molecule has 1 heterocycles. The van der Waals surface area contributed by atoms with Crippen LogP contribution < -0.4 is 5.32 Å². The summed E-state index contributed by atoms with van der Waals surface area (Å²) in [5.74, 6) is 0.947. The topological polar surface area (TPSA) is 52.7 Å². The van der Waals surface area contributed by atoms with Crippen LogP contribution in [-0.2, 0) is 22.4 Å². The molecule has 1 saturated heterocycles. The molecule has 1 atom stereocenters. The predicted octanol–water partition coefficient (Wildman–Crippen LogP) is 2.24. The molecular formula is C22H33N3O2. The zero-order chi connectivity index (χ0) is 19.4. The summed E-state index contributed by atoms with van der Waals surface area (Å²) < 4.78 is 0. The van der Waals surface area contributed by atoms with Gasteiger partial charge in [0.1, 0.15) is 0 Å². The van der Waals surface area contributed by atoms with Crippen LogP contribution in [0.1, 0.15) is 44.7 Å². The third-order valence-corrected chi connectivity index (χ3v) is 5.54. The number of carbonyl (C=O) groups excluding carboxylic acids is 2. The minimum atomic E-state index is -0.114. The molecule has 1 saturated carbocycles. The van der Waals surface area contributed by atoms with E-state index in [0.29, 0.717) is 31.5 Å². The van der Waals surface area contributed by atoms with Gasteiger partial charge in [-0.3, -0.25) is 14.5 Å². The maximum atomic E-state index is 12.6. The highest BCUT2D eigenvalue weighted by atomic mass is 16.2. The number of hydrogen-bond donors (Lipinski definition) is 1. The van der Waals surface area contributed by atoms with Gasteiger partial charge in [0.05, 0.1) is 12.5 Å². The molecular weight excluding hydrogens is 338 g/mol. The second-order valence-electron chi connectivity index (χ2n) is 8.47. The second-order valence-corrected chi connectivity index (χ2v) is 8.47. The standard InChI is InChI=1S/C22H33N3O2/c1-16(2)14-18-4-6-19(7-5-18)15-21(26)25-12-10-24(11-13-25)17(3)22(27)23-20-8-9-20/h4-7,16-17,20H,8-15H2,1-3H3,(H,23,27). The Hall–Kier alpha value is -1.88. The lowest BCUT2D eigenvalue weighted by molar-refractivity contribution is -0.133. The molecule has 1 aliphatic heterocycles. The molecule has 1 unspecified atom stereocenters. The van der Waals surface area contributed by atoms with Gasteiger partial charge in [0.15, 0.2) is 0 Å². The Bertz CT molecular complexity index is 644. The molecule has 5 heteroatoms. The van der Waals surface area contributed by atoms with E-state index in [4.69, 9.17) is 0 Å². The summed E-state index contributed by atoms with van der Waals surface area (Å²) in [4.78, 5) is 29.0. The van der Waals surface area contributed by atoms with Crippen molar-refractivity contribution >= 4 is 11.8 Å². The first-order valence-corrected chi connectivity index (χ1v) is 10.3. The van der Waals surface area contributed by atoms with Crippen LogP contribution in [0.2, 0.25) is 0 Å². The SMILES string of the molecule is CC(C)Cc1ccc(CC(=O)N2CCN(C(C)C(=O)NC3CC3)CC2)cc1. The van der Waals surface area contributed by atoms with E-state index in [1.807, 2.05) is 11.8 Å². The van der Waals surface area contributed by atoms with Crippen LogP contribution in [0, 0.1) is 5.92 Å². The predicted molar refractivity (Wildman–Crippen MR) is 107 cm³/mol. The molecule has 1 N–H and O–H groups in total. The third-order valence-electron chi connectivity index (χ3n) is 5.54. The largest absolute Gasteiger partial charge is 0.352 e. The number of carbonyl (C=O) groups is 2. The van der Waals surface area contributed by atoms with Crippen molar-refractivity contribution in [1.82, 2.24) is 15.1 Å². The molecule has 2 amide bonds. The Balaban J connectivity index is 1.44. The summed E-state index contributed by atoms with van der Waals surface area (Å²) >= 11 is 0. The van der Waals surface area contributed by atoms with Gasteiger partial charge in [-0.1, -0.05) is 38.1 Å². The van der Waals surface area contributed by atoms with Gasteiger partial charge < -0.3 is 10.2 Å². The van der Waals surface area contributed by atoms with Crippen LogP contribution >= 0.6 is 0 Å². The van der Waals surface area contributed by atoms with Crippen molar-refractivity contribution in [3.8, 4) is 0 Å². The molecule has 148 valence electrons. The summed E-state index contributed by atoms with van der Waals surface area (Å²) in [7, 11) is 0. The minimum absolute atomic E-state index is 0.114. The fraction of sp³-hybridized carbons (Fsp3) is 0.636. The average molecular weight is 372 g/mol. The van der Waals surface area contributed by atoms with Crippen LogP contribution in [-0.4, -0.2) is 59.9 Å². The summed E-state index contributed by atoms with van der Waals surface area (Å²) in [6.45, 7) is 9.32. The number of rotatable bonds is 7. The highest BCUT2D eigenvalue weighted by molar-refractivity contribution is 5.82. The van der Waals surface area contributed by atoms with Gasteiger partial charge in [-0.2, -0.15) is 0 Å². The first-order valence-electron chi connectivity index (χ1n) is 10.3. The van der Waals surface area contributed by atoms with Crippen molar-refractivity contribution in [2.45, 2.75) is 58.5 Å². The van der Waals surface area contributed by atoms with Crippen molar-refractivity contribution in [2.24, 2.45) is 5.92 Å². The minimum Gasteiger partial charge on any atom is -0.352 e. The molecule has 1 aromatic rings. The van der Waals surface area contributed by atoms with E-state index in [9.17, 15) is 9.59 Å². The maximum Gasteiger partial charge on any atom is 0.237 e. The maximum absolute atomic E-state index is 12.6. The number of amides is 2. The number of benzene rings is 1. The molecule has 0 radical (unpaired) electrons. The van der Waals surface area contributed by atoms with E-state index in [1.54, 1.807) is 0 Å². The first-order chi connectivity index (χ1) is 12.9. The van der Waals surface area contributed by atoms with E-state index in [2.05, 4.69) is 48.3 Å². The molecule has 1 aromatic carbocycles. The Morgan fingerprint density at radius 3 is 2.15 bits per heavy atom. The Morgan fingerprint density at radius 2 is 1.59 bits per heavy atom. The molecule has 2 aliphatic rings. The van der Waals surface area contributed by atoms with E-state index < -0.39 is 0 Å². The molecule has 0 aromatic heterocycles. The number of nitrogens with zero attached hydrogens (tertiary/aromatic N) is 2. The zero-order valence-corrected chi connectivity index (χ0v) is 16.9. The molecule has 2 fully saturated rings. The number of hydrogen-bond acceptors (Lipinski definition) is 3. The highest BCUT2D eigenvalue weighted by Crippen LogP contribution is 2.19. The van der Waals surface area contributed by atoms with Gasteiger partial charge in [-0.25, -0.2) is 0 Å². The van der Waals surface area contributed by atoms with Crippen molar-refractivity contribution < 1.29 is 9.59 Å². The monoisotopic (exact) mass is 371 g/mol. The Kier molecular flexibility index (Phi) is 6.53. The van der Waals surface area contributed by atoms with Gasteiger partial charge in [-0.05, 0) is 43.2 Å². The molecule has 5 nitrogen and oxygen atoms in total. The summed E-state index contributed by atoms with van der Waals surface area (Å²) in [5.41, 5.74) is 2.40. The van der Waals surface area contributed by atoms with Gasteiger partial charge >= 0.3 is 0 Å². The van der Waals surface area contributed by atoms with Crippen LogP contribution in [0.4, 0.5) is 0 Å². The summed E-state index contributed by atoms with van der Waals surface area (Å²) in [6.07, 6.45) is 3.75. The molecule has 0 bridgehead atoms. The molecule has 3 rings (SSSR count). The molecule has 27 heavy (non-hydrogen) atoms. The van der Waals surface area contributed by atoms with Crippen LogP contribution in [0.25, 0.3) is 0 Å². The van der Waals surface area contributed by atoms with Gasteiger partial charge in [0, 0.05) is 32.2 Å². The number of piperazine rings is 1. The van der Waals surface area contributed by atoms with Crippen LogP contribution in [0.15, 0.2) is 24.3 Å². The Labute approximate surface area is 163 Å². The van der Waals surface area contributed by atoms with E-state index in [0.717, 1.165) is 37.9 Å². The lowest BCUT2D eigenvalue weighted by Gasteiger charge is -2.37. The van der Waals surface area contributed by atoms with Crippen molar-refractivity contribution in [3.05, 3.63) is 35.4 Å². The van der Waals surface area contributed by atoms with E-state index in [-0.39, 0.29) is 17.9 Å². The lowest BCUT2D eigenvalue weighted by atomic mass is 10.0. The third kappa shape index (κ3) is 5.80. The van der Waals surface area contributed by atoms with E-state index >= 15 is 0 Å². The first kappa shape index (κ1) is 19.9.